The zero-order valence-electron chi connectivity index (χ0n) is 23.0. The number of rotatable bonds is 10. The summed E-state index contributed by atoms with van der Waals surface area (Å²) in [6.45, 7) is 1.47. The van der Waals surface area contributed by atoms with Crippen molar-refractivity contribution in [1.29, 1.82) is 0 Å². The van der Waals surface area contributed by atoms with Crippen molar-refractivity contribution in [1.82, 2.24) is 20.3 Å². The fourth-order valence-corrected chi connectivity index (χ4v) is 5.51. The molecule has 0 spiro atoms. The molecule has 0 saturated carbocycles. The number of nitrogens with two attached hydrogens (primary N) is 1. The number of nitrogens with zero attached hydrogens (tertiary/aromatic N) is 2. The van der Waals surface area contributed by atoms with E-state index in [1.807, 2.05) is 21.6 Å². The van der Waals surface area contributed by atoms with Gasteiger partial charge in [-0.25, -0.2) is 0 Å². The zero-order chi connectivity index (χ0) is 30.1. The smallest absolute Gasteiger partial charge is 0.252 e. The molecule has 1 amide bonds. The second-order valence-electron chi connectivity index (χ2n) is 10.5. The Labute approximate surface area is 251 Å². The van der Waals surface area contributed by atoms with Crippen LogP contribution in [0.5, 0.6) is 11.5 Å². The molecule has 0 bridgehead atoms. The highest BCUT2D eigenvalue weighted by molar-refractivity contribution is 6.31. The van der Waals surface area contributed by atoms with Crippen LogP contribution in [0.4, 0.5) is 0 Å². The summed E-state index contributed by atoms with van der Waals surface area (Å²) < 4.78 is 13.8. The fourth-order valence-electron chi connectivity index (χ4n) is 5.33. The number of aliphatic hydroxyl groups is 2. The third kappa shape index (κ3) is 6.15. The van der Waals surface area contributed by atoms with Gasteiger partial charge >= 0.3 is 0 Å². The summed E-state index contributed by atoms with van der Waals surface area (Å²) in [5.41, 5.74) is 12.8. The number of benzene rings is 3. The molecule has 4 aromatic rings. The number of aliphatic hydroxyl groups excluding tert-OH is 2. The Morgan fingerprint density at radius 3 is 2.56 bits per heavy atom. The third-order valence-corrected chi connectivity index (χ3v) is 7.76. The molecule has 1 fully saturated rings. The van der Waals surface area contributed by atoms with Crippen molar-refractivity contribution in [2.75, 3.05) is 26.2 Å². The minimum Gasteiger partial charge on any atom is -0.485 e. The number of primary amides is 1. The monoisotopic (exact) mass is 603 g/mol. The van der Waals surface area contributed by atoms with Crippen molar-refractivity contribution in [3.8, 4) is 11.5 Å². The van der Waals surface area contributed by atoms with E-state index in [0.717, 1.165) is 16.3 Å². The van der Waals surface area contributed by atoms with Gasteiger partial charge in [0.05, 0.1) is 23.3 Å². The number of ketones is 1. The number of likely N-dealkylation sites (tertiary alicyclic amines) is 1. The molecular formula is C31H30ClN5O6. The number of halogens is 1. The Morgan fingerprint density at radius 1 is 1.00 bits per heavy atom. The molecule has 1 saturated heterocycles. The van der Waals surface area contributed by atoms with E-state index in [0.29, 0.717) is 53.8 Å². The van der Waals surface area contributed by atoms with Gasteiger partial charge < -0.3 is 35.4 Å². The van der Waals surface area contributed by atoms with Crippen molar-refractivity contribution >= 4 is 45.0 Å². The number of β-amino-alcohol motifs (C(OH)–C–C–N with tert-alkyl or cyclic N) is 2. The van der Waals surface area contributed by atoms with Gasteiger partial charge in [-0.2, -0.15) is 0 Å². The van der Waals surface area contributed by atoms with E-state index in [4.69, 9.17) is 26.8 Å². The topological polar surface area (TPSA) is 151 Å². The lowest BCUT2D eigenvalue weighted by Gasteiger charge is -2.16. The van der Waals surface area contributed by atoms with E-state index in [9.17, 15) is 19.8 Å². The van der Waals surface area contributed by atoms with E-state index in [1.165, 1.54) is 0 Å². The van der Waals surface area contributed by atoms with Crippen LogP contribution in [0, 0.1) is 0 Å². The number of hydrogen-bond donors (Lipinski definition) is 5. The molecule has 12 heteroatoms. The summed E-state index contributed by atoms with van der Waals surface area (Å²) in [5, 5.41) is 22.6. The second kappa shape index (κ2) is 12.0. The molecule has 0 aliphatic carbocycles. The first-order chi connectivity index (χ1) is 20.7. The van der Waals surface area contributed by atoms with Crippen molar-refractivity contribution in [3.05, 3.63) is 95.1 Å². The van der Waals surface area contributed by atoms with Crippen LogP contribution in [0.15, 0.2) is 79.0 Å². The Bertz CT molecular complexity index is 1770. The van der Waals surface area contributed by atoms with E-state index < -0.39 is 18.1 Å². The summed E-state index contributed by atoms with van der Waals surface area (Å²) in [7, 11) is 0. The average Bonchev–Trinajstić information content (AvgIpc) is 3.52. The molecule has 6 rings (SSSR count). The van der Waals surface area contributed by atoms with Gasteiger partial charge in [0.2, 0.25) is 11.7 Å². The molecular weight excluding hydrogens is 574 g/mol. The van der Waals surface area contributed by atoms with Gasteiger partial charge in [0.25, 0.3) is 5.91 Å². The summed E-state index contributed by atoms with van der Waals surface area (Å²) in [6.07, 6.45) is 5.50. The number of hydrogen-bond acceptors (Lipinski definition) is 9. The minimum absolute atomic E-state index is 0.150. The number of allylic oxidation sites excluding steroid dienone is 2. The second-order valence-corrected chi connectivity index (χ2v) is 10.9. The molecule has 0 unspecified atom stereocenters. The van der Waals surface area contributed by atoms with E-state index >= 15 is 0 Å². The maximum Gasteiger partial charge on any atom is 0.252 e. The van der Waals surface area contributed by atoms with Crippen LogP contribution in [0.2, 0.25) is 5.02 Å². The van der Waals surface area contributed by atoms with Crippen molar-refractivity contribution in [3.63, 3.8) is 0 Å². The quantitative estimate of drug-likeness (QED) is 0.172. The van der Waals surface area contributed by atoms with Crippen LogP contribution >= 0.6 is 11.6 Å². The Kier molecular flexibility index (Phi) is 7.96. The van der Waals surface area contributed by atoms with Crippen LogP contribution in [0.25, 0.3) is 21.7 Å². The number of carbonyl (C=O) groups is 2. The van der Waals surface area contributed by atoms with Gasteiger partial charge in [0, 0.05) is 66.7 Å². The summed E-state index contributed by atoms with van der Waals surface area (Å²) in [4.78, 5) is 27.7. The number of carbonyl (C=O) groups excluding carboxylic acids is 2. The molecule has 222 valence electrons. The SMILES string of the molecule is NC(=O)c1cc2cc(Cl)ccc2cc1OCC(=O)c1cn(CCN2C[C@H](O)[C@@H](O)C2)c2cc(OC3=CC=CNN3)ccc12. The van der Waals surface area contributed by atoms with Crippen LogP contribution in [-0.2, 0) is 6.54 Å². The molecule has 1 aromatic heterocycles. The largest absolute Gasteiger partial charge is 0.485 e. The number of hydrazine groups is 1. The lowest BCUT2D eigenvalue weighted by atomic mass is 10.1. The molecule has 6 N–H and O–H groups in total. The van der Waals surface area contributed by atoms with Gasteiger partial charge in [0.1, 0.15) is 11.5 Å². The number of Topliss-reactive ketones (excluding diaryl/α,β-unsaturated/α-hetero) is 1. The van der Waals surface area contributed by atoms with Gasteiger partial charge in [-0.15, -0.1) is 0 Å². The van der Waals surface area contributed by atoms with Gasteiger partial charge in [-0.3, -0.25) is 19.9 Å². The number of ether oxygens (including phenoxy) is 2. The van der Waals surface area contributed by atoms with E-state index in [1.54, 1.807) is 60.9 Å². The maximum atomic E-state index is 13.6. The van der Waals surface area contributed by atoms with Crippen LogP contribution < -0.4 is 26.1 Å². The van der Waals surface area contributed by atoms with Crippen molar-refractivity contribution < 1.29 is 29.3 Å². The van der Waals surface area contributed by atoms with Crippen LogP contribution in [0.3, 0.4) is 0 Å². The first-order valence-corrected chi connectivity index (χ1v) is 14.1. The first kappa shape index (κ1) is 28.6. The van der Waals surface area contributed by atoms with E-state index in [2.05, 4.69) is 10.9 Å². The molecule has 2 atom stereocenters. The zero-order valence-corrected chi connectivity index (χ0v) is 23.8. The number of amides is 1. The van der Waals surface area contributed by atoms with Crippen LogP contribution in [-0.4, -0.2) is 69.8 Å². The highest BCUT2D eigenvalue weighted by Gasteiger charge is 2.29. The highest BCUT2D eigenvalue weighted by atomic mass is 35.5. The Morgan fingerprint density at radius 2 is 1.81 bits per heavy atom. The summed E-state index contributed by atoms with van der Waals surface area (Å²) in [6, 6.07) is 14.0. The summed E-state index contributed by atoms with van der Waals surface area (Å²) in [5.74, 6) is 0.304. The molecule has 11 nitrogen and oxygen atoms in total. The van der Waals surface area contributed by atoms with Gasteiger partial charge in [-0.05, 0) is 53.2 Å². The van der Waals surface area contributed by atoms with E-state index in [-0.39, 0.29) is 23.7 Å². The molecule has 43 heavy (non-hydrogen) atoms. The highest BCUT2D eigenvalue weighted by Crippen LogP contribution is 2.30. The number of nitrogens with one attached hydrogen (secondary N) is 2. The van der Waals surface area contributed by atoms with Crippen molar-refractivity contribution in [2.24, 2.45) is 5.73 Å². The summed E-state index contributed by atoms with van der Waals surface area (Å²) >= 11 is 6.10. The minimum atomic E-state index is -0.785. The number of aromatic nitrogens is 1. The normalized spacial score (nSPS) is 18.3. The first-order valence-electron chi connectivity index (χ1n) is 13.7. The predicted molar refractivity (Wildman–Crippen MR) is 162 cm³/mol. The van der Waals surface area contributed by atoms with Gasteiger partial charge in [-0.1, -0.05) is 17.7 Å². The lowest BCUT2D eigenvalue weighted by Crippen LogP contribution is -2.30. The molecule has 3 heterocycles. The Hall–Kier alpha value is -4.55. The fraction of sp³-hybridized carbons (Fsp3) is 0.226. The number of fused-ring (bicyclic) bond motifs is 2. The van der Waals surface area contributed by atoms with Crippen molar-refractivity contribution in [2.45, 2.75) is 18.8 Å². The molecule has 0 radical (unpaired) electrons. The standard InChI is InChI=1S/C31H30ClN5O6/c32-20-4-3-18-12-29(23(31(33)41)11-19(18)10-20)42-17-28(40)24-14-37(9-8-36-15-26(38)27(39)16-36)25-13-21(5-6-22(24)25)43-30-2-1-7-34-35-30/h1-7,10-14,26-27,34-35,38-39H,8-9,15-17H2,(H2,33,41)/t26-,27-/m0/s1. The van der Waals surface area contributed by atoms with Gasteiger partial charge in [0.15, 0.2) is 6.61 Å². The molecule has 2 aliphatic rings. The lowest BCUT2D eigenvalue weighted by molar-refractivity contribution is 0.0572. The third-order valence-electron chi connectivity index (χ3n) is 7.52. The maximum absolute atomic E-state index is 13.6. The predicted octanol–water partition coefficient (Wildman–Crippen LogP) is 2.69. The average molecular weight is 604 g/mol. The molecule has 2 aliphatic heterocycles. The molecule has 3 aromatic carbocycles. The Balaban J connectivity index is 1.27. The van der Waals surface area contributed by atoms with Crippen LogP contribution in [0.1, 0.15) is 20.7 Å².